The number of carbonyl (C=O) groups excluding carboxylic acids is 1. The number of nitrogens with zero attached hydrogens (tertiary/aromatic N) is 3. The maximum atomic E-state index is 11.5. The summed E-state index contributed by atoms with van der Waals surface area (Å²) in [6.07, 6.45) is 5.24. The van der Waals surface area contributed by atoms with Crippen LogP contribution in [0.3, 0.4) is 0 Å². The van der Waals surface area contributed by atoms with E-state index in [0.717, 1.165) is 23.6 Å². The van der Waals surface area contributed by atoms with Crippen LogP contribution >= 0.6 is 11.8 Å². The van der Waals surface area contributed by atoms with Crippen molar-refractivity contribution in [1.29, 1.82) is 0 Å². The number of aromatic nitrogens is 2. The van der Waals surface area contributed by atoms with Crippen molar-refractivity contribution in [2.75, 3.05) is 19.8 Å². The summed E-state index contributed by atoms with van der Waals surface area (Å²) in [7, 11) is 5.33. The van der Waals surface area contributed by atoms with E-state index in [4.69, 9.17) is 4.84 Å². The molecule has 0 saturated heterocycles. The quantitative estimate of drug-likeness (QED) is 0.845. The largest absolute Gasteiger partial charge is 0.433 e. The van der Waals surface area contributed by atoms with Crippen molar-refractivity contribution in [3.05, 3.63) is 28.8 Å². The summed E-state index contributed by atoms with van der Waals surface area (Å²) in [6, 6.07) is 0. The fourth-order valence-corrected chi connectivity index (χ4v) is 3.59. The molecule has 1 N–H and O–H groups in total. The molecule has 2 rings (SSSR count). The second kappa shape index (κ2) is 6.89. The SMILES string of the molecule is CCC1=C(NOC(=O)N(C)C)SC[C@@H]1Cc1cncn1C. The Morgan fingerprint density at radius 2 is 2.38 bits per heavy atom. The van der Waals surface area contributed by atoms with E-state index in [1.54, 1.807) is 25.9 Å². The van der Waals surface area contributed by atoms with Crippen LogP contribution in [0.2, 0.25) is 0 Å². The van der Waals surface area contributed by atoms with Gasteiger partial charge in [-0.1, -0.05) is 6.92 Å². The number of hydrogen-bond donors (Lipinski definition) is 1. The lowest BCUT2D eigenvalue weighted by atomic mass is 9.95. The lowest BCUT2D eigenvalue weighted by Gasteiger charge is -2.15. The zero-order valence-electron chi connectivity index (χ0n) is 12.9. The molecule has 21 heavy (non-hydrogen) atoms. The van der Waals surface area contributed by atoms with Crippen molar-refractivity contribution >= 4 is 17.9 Å². The standard InChI is InChI=1S/C14H22N4O2S/c1-5-12-10(6-11-7-15-9-18(11)4)8-21-13(12)16-20-14(19)17(2)3/h7,9-10,16H,5-6,8H2,1-4H3/t10-/m0/s1. The average Bonchev–Trinajstić information content (AvgIpc) is 3.03. The molecule has 0 aromatic carbocycles. The van der Waals surface area contributed by atoms with Gasteiger partial charge in [-0.3, -0.25) is 0 Å². The van der Waals surface area contributed by atoms with Gasteiger partial charge in [-0.15, -0.1) is 11.8 Å². The molecule has 1 aliphatic heterocycles. The first-order chi connectivity index (χ1) is 10.0. The van der Waals surface area contributed by atoms with Gasteiger partial charge in [0.2, 0.25) is 0 Å². The van der Waals surface area contributed by atoms with Gasteiger partial charge in [0, 0.05) is 38.8 Å². The average molecular weight is 310 g/mol. The van der Waals surface area contributed by atoms with Gasteiger partial charge in [0.25, 0.3) is 0 Å². The molecule has 1 aromatic heterocycles. The summed E-state index contributed by atoms with van der Waals surface area (Å²) in [6.45, 7) is 2.13. The normalized spacial score (nSPS) is 18.0. The molecule has 0 aliphatic carbocycles. The van der Waals surface area contributed by atoms with Crippen LogP contribution in [-0.2, 0) is 18.3 Å². The van der Waals surface area contributed by atoms with Gasteiger partial charge >= 0.3 is 6.09 Å². The summed E-state index contributed by atoms with van der Waals surface area (Å²) < 4.78 is 2.05. The van der Waals surface area contributed by atoms with Crippen LogP contribution < -0.4 is 5.48 Å². The highest BCUT2D eigenvalue weighted by Gasteiger charge is 2.27. The van der Waals surface area contributed by atoms with Crippen LogP contribution in [0, 0.1) is 5.92 Å². The summed E-state index contributed by atoms with van der Waals surface area (Å²) in [5, 5.41) is 0.972. The third-order valence-electron chi connectivity index (χ3n) is 3.56. The molecule has 1 aliphatic rings. The molecule has 0 radical (unpaired) electrons. The van der Waals surface area contributed by atoms with E-state index < -0.39 is 6.09 Å². The number of nitrogens with one attached hydrogen (secondary N) is 1. The molecule has 116 valence electrons. The van der Waals surface area contributed by atoms with E-state index in [1.807, 2.05) is 19.6 Å². The zero-order chi connectivity index (χ0) is 15.4. The molecule has 6 nitrogen and oxygen atoms in total. The van der Waals surface area contributed by atoms with E-state index in [2.05, 4.69) is 22.0 Å². The fourth-order valence-electron chi connectivity index (χ4n) is 2.30. The van der Waals surface area contributed by atoms with E-state index in [-0.39, 0.29) is 0 Å². The van der Waals surface area contributed by atoms with Crippen LogP contribution in [-0.4, -0.2) is 40.4 Å². The van der Waals surface area contributed by atoms with E-state index in [0.29, 0.717) is 5.92 Å². The van der Waals surface area contributed by atoms with Gasteiger partial charge in [-0.2, -0.15) is 0 Å². The third kappa shape index (κ3) is 3.72. The second-order valence-electron chi connectivity index (χ2n) is 5.28. The van der Waals surface area contributed by atoms with Crippen molar-refractivity contribution < 1.29 is 9.63 Å². The summed E-state index contributed by atoms with van der Waals surface area (Å²) >= 11 is 1.71. The highest BCUT2D eigenvalue weighted by molar-refractivity contribution is 8.03. The number of hydroxylamine groups is 1. The Balaban J connectivity index is 2.02. The summed E-state index contributed by atoms with van der Waals surface area (Å²) in [4.78, 5) is 22.1. The number of allylic oxidation sites excluding steroid dienone is 1. The van der Waals surface area contributed by atoms with Crippen molar-refractivity contribution in [2.45, 2.75) is 19.8 Å². The maximum absolute atomic E-state index is 11.5. The van der Waals surface area contributed by atoms with Crippen LogP contribution in [0.25, 0.3) is 0 Å². The number of imidazole rings is 1. The Morgan fingerprint density at radius 3 is 2.95 bits per heavy atom. The molecule has 1 atom stereocenters. The van der Waals surface area contributed by atoms with Crippen LogP contribution in [0.15, 0.2) is 23.1 Å². The molecule has 7 heteroatoms. The molecule has 0 fully saturated rings. The maximum Gasteiger partial charge on any atom is 0.433 e. The molecule has 0 saturated carbocycles. The highest BCUT2D eigenvalue weighted by Crippen LogP contribution is 2.37. The minimum absolute atomic E-state index is 0.395. The van der Waals surface area contributed by atoms with Crippen molar-refractivity contribution in [2.24, 2.45) is 13.0 Å². The lowest BCUT2D eigenvalue weighted by molar-refractivity contribution is 0.0841. The summed E-state index contributed by atoms with van der Waals surface area (Å²) in [5.74, 6) is 1.45. The highest BCUT2D eigenvalue weighted by atomic mass is 32.2. The van der Waals surface area contributed by atoms with Gasteiger partial charge in [0.15, 0.2) is 0 Å². The predicted octanol–water partition coefficient (Wildman–Crippen LogP) is 2.15. The fraction of sp³-hybridized carbons (Fsp3) is 0.571. The molecular formula is C14H22N4O2S. The minimum Gasteiger partial charge on any atom is -0.338 e. The summed E-state index contributed by atoms with van der Waals surface area (Å²) in [5.41, 5.74) is 5.35. The molecular weight excluding hydrogens is 288 g/mol. The molecule has 0 bridgehead atoms. The van der Waals surface area contributed by atoms with Crippen LogP contribution in [0.4, 0.5) is 4.79 Å². The zero-order valence-corrected chi connectivity index (χ0v) is 13.7. The Hall–Kier alpha value is -1.63. The van der Waals surface area contributed by atoms with Gasteiger partial charge in [0.1, 0.15) is 5.03 Å². The van der Waals surface area contributed by atoms with Crippen molar-refractivity contribution in [3.63, 3.8) is 0 Å². The Labute approximate surface area is 129 Å². The van der Waals surface area contributed by atoms with Gasteiger partial charge in [-0.05, 0) is 24.3 Å². The monoisotopic (exact) mass is 310 g/mol. The number of amides is 1. The molecule has 0 unspecified atom stereocenters. The van der Waals surface area contributed by atoms with Crippen LogP contribution in [0.1, 0.15) is 19.0 Å². The smallest absolute Gasteiger partial charge is 0.338 e. The lowest BCUT2D eigenvalue weighted by Crippen LogP contribution is -2.28. The Bertz CT molecular complexity index is 539. The number of rotatable bonds is 5. The first-order valence-corrected chi connectivity index (χ1v) is 7.96. The predicted molar refractivity (Wildman–Crippen MR) is 83.5 cm³/mol. The van der Waals surface area contributed by atoms with Gasteiger partial charge in [0.05, 0.1) is 6.33 Å². The topological polar surface area (TPSA) is 59.4 Å². The number of thioether (sulfide) groups is 1. The first-order valence-electron chi connectivity index (χ1n) is 6.98. The van der Waals surface area contributed by atoms with Gasteiger partial charge in [-0.25, -0.2) is 15.3 Å². The van der Waals surface area contributed by atoms with Gasteiger partial charge < -0.3 is 14.3 Å². The molecule has 1 aromatic rings. The number of carbonyl (C=O) groups is 1. The Kier molecular flexibility index (Phi) is 5.17. The first kappa shape index (κ1) is 15.8. The van der Waals surface area contributed by atoms with Crippen molar-refractivity contribution in [1.82, 2.24) is 19.9 Å². The van der Waals surface area contributed by atoms with Crippen molar-refractivity contribution in [3.8, 4) is 0 Å². The second-order valence-corrected chi connectivity index (χ2v) is 6.31. The van der Waals surface area contributed by atoms with E-state index in [1.165, 1.54) is 16.2 Å². The molecule has 2 heterocycles. The number of aryl methyl sites for hydroxylation is 1. The van der Waals surface area contributed by atoms with E-state index in [9.17, 15) is 4.79 Å². The molecule has 0 spiro atoms. The number of hydrogen-bond acceptors (Lipinski definition) is 5. The third-order valence-corrected chi connectivity index (χ3v) is 4.77. The van der Waals surface area contributed by atoms with Crippen LogP contribution in [0.5, 0.6) is 0 Å². The Morgan fingerprint density at radius 1 is 1.62 bits per heavy atom. The minimum atomic E-state index is -0.395. The molecule has 1 amide bonds. The van der Waals surface area contributed by atoms with E-state index >= 15 is 0 Å².